The Kier molecular flexibility index (Phi) is 22.2. The highest BCUT2D eigenvalue weighted by Crippen LogP contribution is 2.35. The molecular weight excluding hydrogens is 676 g/mol. The van der Waals surface area contributed by atoms with Crippen molar-refractivity contribution in [1.29, 1.82) is 0 Å². The molecule has 0 saturated carbocycles. The molecule has 5 N–H and O–H groups in total. The van der Waals surface area contributed by atoms with Crippen molar-refractivity contribution < 1.29 is 38.1 Å². The van der Waals surface area contributed by atoms with E-state index < -0.39 is 17.7 Å². The molecule has 4 aromatic carbocycles. The zero-order valence-corrected chi connectivity index (χ0v) is 33.3. The van der Waals surface area contributed by atoms with Crippen LogP contribution in [0, 0.1) is 0 Å². The lowest BCUT2D eigenvalue weighted by Gasteiger charge is -2.19. The predicted molar refractivity (Wildman–Crippen MR) is 216 cm³/mol. The average molecular weight is 733 g/mol. The van der Waals surface area contributed by atoms with Crippen LogP contribution in [0.1, 0.15) is 104 Å². The van der Waals surface area contributed by atoms with Crippen LogP contribution in [0.3, 0.4) is 0 Å². The Morgan fingerprint density at radius 2 is 0.698 bits per heavy atom. The summed E-state index contributed by atoms with van der Waals surface area (Å²) in [7, 11) is 5.62. The molecule has 0 heterocycles. The highest BCUT2D eigenvalue weighted by Gasteiger charge is 2.25. The topological polar surface area (TPSA) is 167 Å². The van der Waals surface area contributed by atoms with Crippen LogP contribution in [0.4, 0.5) is 22.7 Å². The molecule has 0 saturated heterocycles. The Morgan fingerprint density at radius 1 is 0.434 bits per heavy atom. The minimum Gasteiger partial charge on any atom is -0.495 e. The predicted octanol–water partition coefficient (Wildman–Crippen LogP) is 9.37. The lowest BCUT2D eigenvalue weighted by molar-refractivity contribution is 0.100. The van der Waals surface area contributed by atoms with E-state index in [0.717, 1.165) is 0 Å². The molecule has 12 nitrogen and oxygen atoms in total. The van der Waals surface area contributed by atoms with Crippen molar-refractivity contribution in [2.24, 2.45) is 0 Å². The number of rotatable bonds is 11. The first-order chi connectivity index (χ1) is 25.6. The summed E-state index contributed by atoms with van der Waals surface area (Å²) >= 11 is 0. The van der Waals surface area contributed by atoms with Crippen LogP contribution in [0.5, 0.6) is 23.0 Å². The van der Waals surface area contributed by atoms with Gasteiger partial charge in [-0.05, 0) is 55.5 Å². The van der Waals surface area contributed by atoms with Gasteiger partial charge in [0.05, 0.1) is 67.9 Å². The second kappa shape index (κ2) is 25.0. The van der Waals surface area contributed by atoms with Crippen LogP contribution in [-0.2, 0) is 0 Å². The van der Waals surface area contributed by atoms with Gasteiger partial charge in [0.1, 0.15) is 23.0 Å². The lowest BCUT2D eigenvalue weighted by atomic mass is 10.1. The van der Waals surface area contributed by atoms with Gasteiger partial charge in [-0.2, -0.15) is 0 Å². The number of amides is 3. The number of methoxy groups -OCH3 is 4. The van der Waals surface area contributed by atoms with Gasteiger partial charge in [0, 0.05) is 5.56 Å². The third kappa shape index (κ3) is 12.0. The fraction of sp³-hybridized carbons (Fsp3) is 0.317. The number of hydrogen-bond donors (Lipinski definition) is 4. The van der Waals surface area contributed by atoms with Crippen LogP contribution in [0.15, 0.2) is 72.8 Å². The molecule has 0 fully saturated rings. The molecule has 53 heavy (non-hydrogen) atoms. The van der Waals surface area contributed by atoms with E-state index in [-0.39, 0.29) is 68.0 Å². The molecule has 0 aliphatic heterocycles. The number of benzene rings is 4. The number of carbonyl (C=O) groups is 4. The maximum absolute atomic E-state index is 13.8. The van der Waals surface area contributed by atoms with E-state index >= 15 is 0 Å². The first-order valence-electron chi connectivity index (χ1n) is 17.5. The van der Waals surface area contributed by atoms with E-state index in [4.69, 9.17) is 24.7 Å². The third-order valence-corrected chi connectivity index (χ3v) is 6.85. The van der Waals surface area contributed by atoms with Gasteiger partial charge in [0.15, 0.2) is 5.78 Å². The summed E-state index contributed by atoms with van der Waals surface area (Å²) in [6.45, 7) is 17.4. The molecule has 0 aromatic heterocycles. The second-order valence-corrected chi connectivity index (χ2v) is 9.49. The van der Waals surface area contributed by atoms with Gasteiger partial charge < -0.3 is 40.6 Å². The minimum absolute atomic E-state index is 0.0185. The molecule has 0 aliphatic rings. The number of hydrogen-bond acceptors (Lipinski definition) is 9. The van der Waals surface area contributed by atoms with Crippen molar-refractivity contribution in [3.05, 3.63) is 95.1 Å². The zero-order chi connectivity index (χ0) is 40.7. The number of Topliss-reactive ketones (excluding diaryl/α,β-unsaturated/α-hetero) is 1. The van der Waals surface area contributed by atoms with E-state index in [1.165, 1.54) is 53.6 Å². The smallest absolute Gasteiger partial charge is 0.258 e. The molecule has 288 valence electrons. The maximum atomic E-state index is 13.8. The zero-order valence-electron chi connectivity index (χ0n) is 33.3. The summed E-state index contributed by atoms with van der Waals surface area (Å²) in [6, 6.07) is 18.8. The van der Waals surface area contributed by atoms with Crippen LogP contribution < -0.4 is 40.6 Å². The highest BCUT2D eigenvalue weighted by molar-refractivity contribution is 6.18. The standard InChI is InChI=1S/C33H32N4O8.4C2H6/c1-18(38)19-10-6-15-24(43-3)28(19)35-32(40)22-13-9-17-26(45-5)30(22)37-33(41)21-12-8-16-25(44-4)29(21)36-31(39)20-11-7-14-23(42-2)27(20)34;4*1-2/h6-17H,34H2,1-5H3,(H,35,40)(H,36,39)(H,37,41);4*1-2H3. The highest BCUT2D eigenvalue weighted by atomic mass is 16.5. The van der Waals surface area contributed by atoms with Gasteiger partial charge in [-0.1, -0.05) is 79.7 Å². The van der Waals surface area contributed by atoms with E-state index in [2.05, 4.69) is 16.0 Å². The summed E-state index contributed by atoms with van der Waals surface area (Å²) < 4.78 is 21.5. The molecule has 0 bridgehead atoms. The van der Waals surface area contributed by atoms with Crippen LogP contribution in [-0.4, -0.2) is 51.9 Å². The molecule has 4 rings (SSSR count). The van der Waals surface area contributed by atoms with Crippen molar-refractivity contribution in [1.82, 2.24) is 0 Å². The average Bonchev–Trinajstić information content (AvgIpc) is 3.20. The molecule has 0 atom stereocenters. The number of nitrogens with one attached hydrogen (secondary N) is 3. The Hall–Kier alpha value is -6.04. The van der Waals surface area contributed by atoms with Gasteiger partial charge in [-0.15, -0.1) is 0 Å². The second-order valence-electron chi connectivity index (χ2n) is 9.49. The molecular formula is C41H56N4O8. The molecule has 0 unspecified atom stereocenters. The van der Waals surface area contributed by atoms with Gasteiger partial charge in [0.2, 0.25) is 0 Å². The third-order valence-electron chi connectivity index (χ3n) is 6.85. The molecule has 4 aromatic rings. The number of anilines is 4. The van der Waals surface area contributed by atoms with Crippen LogP contribution in [0.2, 0.25) is 0 Å². The summed E-state index contributed by atoms with van der Waals surface area (Å²) in [5, 5.41) is 8.19. The largest absolute Gasteiger partial charge is 0.495 e. The van der Waals surface area contributed by atoms with E-state index in [0.29, 0.717) is 5.75 Å². The first-order valence-corrected chi connectivity index (χ1v) is 17.5. The van der Waals surface area contributed by atoms with Crippen LogP contribution in [0.25, 0.3) is 0 Å². The van der Waals surface area contributed by atoms with Crippen molar-refractivity contribution in [2.45, 2.75) is 62.3 Å². The van der Waals surface area contributed by atoms with Crippen molar-refractivity contribution in [3.63, 3.8) is 0 Å². The van der Waals surface area contributed by atoms with Crippen molar-refractivity contribution in [2.75, 3.05) is 50.1 Å². The van der Waals surface area contributed by atoms with Gasteiger partial charge in [-0.25, -0.2) is 0 Å². The van der Waals surface area contributed by atoms with Crippen molar-refractivity contribution in [3.8, 4) is 23.0 Å². The Labute approximate surface area is 314 Å². The van der Waals surface area contributed by atoms with Crippen LogP contribution >= 0.6 is 0 Å². The molecule has 12 heteroatoms. The minimum atomic E-state index is -0.692. The number of ether oxygens (including phenoxy) is 4. The Balaban J connectivity index is 0.00000316. The number of ketones is 1. The van der Waals surface area contributed by atoms with E-state index in [1.54, 1.807) is 54.6 Å². The fourth-order valence-electron chi connectivity index (χ4n) is 4.62. The number of nitrogens with two attached hydrogens (primary N) is 1. The first kappa shape index (κ1) is 47.0. The fourth-order valence-corrected chi connectivity index (χ4v) is 4.62. The molecule has 0 radical (unpaired) electrons. The SMILES string of the molecule is CC.CC.CC.CC.COc1cccc(C(=O)Nc2c(OC)cccc2C(=O)Nc2c(OC)cccc2C(=O)Nc2c(OC)cccc2C(C)=O)c1N. The maximum Gasteiger partial charge on any atom is 0.258 e. The van der Waals surface area contributed by atoms with E-state index in [1.807, 2.05) is 55.4 Å². The van der Waals surface area contributed by atoms with Crippen molar-refractivity contribution >= 4 is 46.3 Å². The van der Waals surface area contributed by atoms with Gasteiger partial charge >= 0.3 is 0 Å². The summed E-state index contributed by atoms with van der Waals surface area (Å²) in [5.74, 6) is -1.27. The molecule has 0 aliphatic carbocycles. The Morgan fingerprint density at radius 3 is 1.02 bits per heavy atom. The number of nitrogen functional groups attached to an aromatic ring is 1. The van der Waals surface area contributed by atoms with E-state index in [9.17, 15) is 19.2 Å². The molecule has 3 amide bonds. The Bertz CT molecular complexity index is 1790. The van der Waals surface area contributed by atoms with Gasteiger partial charge in [-0.3, -0.25) is 19.2 Å². The summed E-state index contributed by atoms with van der Waals surface area (Å²) in [4.78, 5) is 53.0. The summed E-state index contributed by atoms with van der Waals surface area (Å²) in [6.07, 6.45) is 0. The number of carbonyl (C=O) groups excluding carboxylic acids is 4. The summed E-state index contributed by atoms with van der Waals surface area (Å²) in [5.41, 5.74) is 6.92. The number of para-hydroxylation sites is 4. The lowest BCUT2D eigenvalue weighted by Crippen LogP contribution is -2.22. The molecule has 0 spiro atoms. The van der Waals surface area contributed by atoms with Gasteiger partial charge in [0.25, 0.3) is 17.7 Å². The quantitative estimate of drug-likeness (QED) is 0.0868. The monoisotopic (exact) mass is 732 g/mol. The normalized spacial score (nSPS) is 9.23.